The summed E-state index contributed by atoms with van der Waals surface area (Å²) in [6.07, 6.45) is 9.41. The second-order valence-electron chi connectivity index (χ2n) is 7.08. The first kappa shape index (κ1) is 13.4. The van der Waals surface area contributed by atoms with Gasteiger partial charge < -0.3 is 10.6 Å². The van der Waals surface area contributed by atoms with Gasteiger partial charge in [0, 0.05) is 24.5 Å². The van der Waals surface area contributed by atoms with Crippen LogP contribution in [0, 0.1) is 17.8 Å². The maximum Gasteiger partial charge on any atom is 0.225 e. The monoisotopic (exact) mass is 264 g/mol. The third-order valence-corrected chi connectivity index (χ3v) is 5.84. The summed E-state index contributed by atoms with van der Waals surface area (Å²) in [5.74, 6) is 2.23. The van der Waals surface area contributed by atoms with Gasteiger partial charge in [0.25, 0.3) is 0 Å². The molecule has 5 atom stereocenters. The van der Waals surface area contributed by atoms with Gasteiger partial charge in [0.05, 0.1) is 0 Å². The minimum Gasteiger partial charge on any atom is -0.339 e. The van der Waals surface area contributed by atoms with Crippen molar-refractivity contribution < 1.29 is 4.79 Å². The predicted molar refractivity (Wildman–Crippen MR) is 76.6 cm³/mol. The zero-order chi connectivity index (χ0) is 13.4. The number of nitrogens with two attached hydrogens (primary N) is 1. The van der Waals surface area contributed by atoms with Crippen LogP contribution in [0.1, 0.15) is 58.3 Å². The van der Waals surface area contributed by atoms with Crippen molar-refractivity contribution in [2.75, 3.05) is 6.54 Å². The fourth-order valence-electron chi connectivity index (χ4n) is 4.66. The minimum atomic E-state index is 0.228. The van der Waals surface area contributed by atoms with E-state index >= 15 is 0 Å². The molecule has 3 rings (SSSR count). The molecule has 1 heterocycles. The Morgan fingerprint density at radius 1 is 1.11 bits per heavy atom. The molecule has 0 aromatic heterocycles. The fraction of sp³-hybridized carbons (Fsp3) is 0.938. The summed E-state index contributed by atoms with van der Waals surface area (Å²) >= 11 is 0. The Balaban J connectivity index is 1.70. The molecular formula is C16H28N2O. The van der Waals surface area contributed by atoms with Gasteiger partial charge in [-0.15, -0.1) is 0 Å². The average molecular weight is 264 g/mol. The molecule has 3 aliphatic rings. The molecule has 2 saturated carbocycles. The van der Waals surface area contributed by atoms with Crippen molar-refractivity contribution in [1.82, 2.24) is 4.90 Å². The number of carbonyl (C=O) groups excluding carboxylic acids is 1. The lowest BCUT2D eigenvalue weighted by Crippen LogP contribution is -2.53. The van der Waals surface area contributed by atoms with E-state index in [2.05, 4.69) is 11.8 Å². The van der Waals surface area contributed by atoms with E-state index in [0.29, 0.717) is 11.9 Å². The highest BCUT2D eigenvalue weighted by Crippen LogP contribution is 2.40. The molecule has 0 aromatic rings. The Morgan fingerprint density at radius 2 is 1.89 bits per heavy atom. The molecule has 0 radical (unpaired) electrons. The van der Waals surface area contributed by atoms with Gasteiger partial charge in [-0.3, -0.25) is 4.79 Å². The van der Waals surface area contributed by atoms with Gasteiger partial charge in [-0.1, -0.05) is 19.8 Å². The first-order valence-electron chi connectivity index (χ1n) is 8.23. The molecule has 2 aliphatic carbocycles. The second-order valence-corrected chi connectivity index (χ2v) is 7.08. The highest BCUT2D eigenvalue weighted by molar-refractivity contribution is 5.79. The molecule has 108 valence electrons. The highest BCUT2D eigenvalue weighted by atomic mass is 16.2. The Labute approximate surface area is 116 Å². The number of amides is 1. The molecule has 3 nitrogen and oxygen atoms in total. The third-order valence-electron chi connectivity index (χ3n) is 5.84. The largest absolute Gasteiger partial charge is 0.339 e. The summed E-state index contributed by atoms with van der Waals surface area (Å²) in [4.78, 5) is 15.0. The summed E-state index contributed by atoms with van der Waals surface area (Å²) < 4.78 is 0. The van der Waals surface area contributed by atoms with Crippen LogP contribution in [-0.2, 0) is 4.79 Å². The predicted octanol–water partition coefficient (Wildman–Crippen LogP) is 2.54. The van der Waals surface area contributed by atoms with Crippen molar-refractivity contribution in [3.05, 3.63) is 0 Å². The van der Waals surface area contributed by atoms with Crippen LogP contribution in [0.15, 0.2) is 0 Å². The van der Waals surface area contributed by atoms with Crippen LogP contribution >= 0.6 is 0 Å². The van der Waals surface area contributed by atoms with E-state index in [9.17, 15) is 4.79 Å². The van der Waals surface area contributed by atoms with Gasteiger partial charge in [0.15, 0.2) is 0 Å². The van der Waals surface area contributed by atoms with Gasteiger partial charge in [-0.25, -0.2) is 0 Å². The summed E-state index contributed by atoms with van der Waals surface area (Å²) in [5, 5.41) is 0. The Bertz CT molecular complexity index is 344. The van der Waals surface area contributed by atoms with Crippen LogP contribution < -0.4 is 5.73 Å². The van der Waals surface area contributed by atoms with Crippen LogP contribution in [0.25, 0.3) is 0 Å². The number of hydrogen-bond donors (Lipinski definition) is 1. The summed E-state index contributed by atoms with van der Waals surface area (Å²) in [5.41, 5.74) is 5.98. The van der Waals surface area contributed by atoms with Crippen molar-refractivity contribution in [2.45, 2.75) is 70.4 Å². The quantitative estimate of drug-likeness (QED) is 0.791. The molecule has 3 fully saturated rings. The van der Waals surface area contributed by atoms with Crippen LogP contribution in [0.4, 0.5) is 0 Å². The number of likely N-dealkylation sites (tertiary alicyclic amines) is 1. The standard InChI is InChI=1S/C16H28N2O/c1-11-8-9-18(15-5-3-2-4-14(11)15)16(19)12-6-7-13(17)10-12/h11-15H,2-10,17H2,1H3. The molecule has 0 bridgehead atoms. The number of piperidine rings is 1. The molecule has 0 aromatic carbocycles. The Morgan fingerprint density at radius 3 is 2.63 bits per heavy atom. The van der Waals surface area contributed by atoms with Crippen LogP contribution in [-0.4, -0.2) is 29.4 Å². The molecule has 5 unspecified atom stereocenters. The van der Waals surface area contributed by atoms with E-state index in [1.54, 1.807) is 0 Å². The van der Waals surface area contributed by atoms with E-state index in [0.717, 1.165) is 37.6 Å². The van der Waals surface area contributed by atoms with E-state index in [-0.39, 0.29) is 12.0 Å². The van der Waals surface area contributed by atoms with Crippen LogP contribution in [0.5, 0.6) is 0 Å². The van der Waals surface area contributed by atoms with E-state index in [1.165, 1.54) is 32.1 Å². The number of carbonyl (C=O) groups is 1. The number of hydrogen-bond acceptors (Lipinski definition) is 2. The molecule has 1 amide bonds. The van der Waals surface area contributed by atoms with E-state index < -0.39 is 0 Å². The van der Waals surface area contributed by atoms with Crippen molar-refractivity contribution in [3.63, 3.8) is 0 Å². The molecular weight excluding hydrogens is 236 g/mol. The molecule has 2 N–H and O–H groups in total. The number of nitrogens with zero attached hydrogens (tertiary/aromatic N) is 1. The minimum absolute atomic E-state index is 0.228. The SMILES string of the molecule is CC1CCN(C(=O)C2CCC(N)C2)C2CCCCC12. The molecule has 1 aliphatic heterocycles. The van der Waals surface area contributed by atoms with Gasteiger partial charge in [0.2, 0.25) is 5.91 Å². The maximum absolute atomic E-state index is 12.8. The lowest BCUT2D eigenvalue weighted by Gasteiger charge is -2.48. The zero-order valence-corrected chi connectivity index (χ0v) is 12.2. The molecule has 19 heavy (non-hydrogen) atoms. The van der Waals surface area contributed by atoms with Crippen LogP contribution in [0.2, 0.25) is 0 Å². The zero-order valence-electron chi connectivity index (χ0n) is 12.2. The molecule has 3 heteroatoms. The second kappa shape index (κ2) is 5.43. The summed E-state index contributed by atoms with van der Waals surface area (Å²) in [6, 6.07) is 0.807. The highest BCUT2D eigenvalue weighted by Gasteiger charge is 2.41. The van der Waals surface area contributed by atoms with E-state index in [4.69, 9.17) is 5.73 Å². The van der Waals surface area contributed by atoms with Gasteiger partial charge in [-0.2, -0.15) is 0 Å². The lowest BCUT2D eigenvalue weighted by molar-refractivity contribution is -0.143. The first-order chi connectivity index (χ1) is 9.16. The van der Waals surface area contributed by atoms with Gasteiger partial charge >= 0.3 is 0 Å². The normalized spacial score (nSPS) is 43.1. The van der Waals surface area contributed by atoms with E-state index in [1.807, 2.05) is 0 Å². The first-order valence-corrected chi connectivity index (χ1v) is 8.23. The molecule has 0 spiro atoms. The van der Waals surface area contributed by atoms with Crippen molar-refractivity contribution >= 4 is 5.91 Å². The summed E-state index contributed by atoms with van der Waals surface area (Å²) in [6.45, 7) is 3.38. The lowest BCUT2D eigenvalue weighted by atomic mass is 9.72. The Kier molecular flexibility index (Phi) is 3.84. The average Bonchev–Trinajstić information content (AvgIpc) is 2.86. The van der Waals surface area contributed by atoms with Crippen molar-refractivity contribution in [2.24, 2.45) is 23.5 Å². The smallest absolute Gasteiger partial charge is 0.225 e. The third kappa shape index (κ3) is 2.54. The topological polar surface area (TPSA) is 46.3 Å². The van der Waals surface area contributed by atoms with Crippen molar-refractivity contribution in [3.8, 4) is 0 Å². The van der Waals surface area contributed by atoms with Crippen LogP contribution in [0.3, 0.4) is 0 Å². The van der Waals surface area contributed by atoms with Gasteiger partial charge in [0.1, 0.15) is 0 Å². The van der Waals surface area contributed by atoms with Gasteiger partial charge in [-0.05, 0) is 50.4 Å². The number of fused-ring (bicyclic) bond motifs is 1. The summed E-state index contributed by atoms with van der Waals surface area (Å²) in [7, 11) is 0. The fourth-order valence-corrected chi connectivity index (χ4v) is 4.66. The maximum atomic E-state index is 12.8. The number of rotatable bonds is 1. The van der Waals surface area contributed by atoms with Crippen molar-refractivity contribution in [1.29, 1.82) is 0 Å². The Hall–Kier alpha value is -0.570. The molecule has 1 saturated heterocycles.